The van der Waals surface area contributed by atoms with E-state index >= 15 is 0 Å². The summed E-state index contributed by atoms with van der Waals surface area (Å²) in [7, 11) is 0. The van der Waals surface area contributed by atoms with Gasteiger partial charge >= 0.3 is 5.97 Å². The van der Waals surface area contributed by atoms with E-state index in [4.69, 9.17) is 4.74 Å². The molecule has 0 saturated carbocycles. The molecule has 2 aromatic heterocycles. The lowest BCUT2D eigenvalue weighted by Gasteiger charge is -2.15. The van der Waals surface area contributed by atoms with Crippen LogP contribution in [-0.2, 0) is 9.53 Å². The van der Waals surface area contributed by atoms with Gasteiger partial charge in [0.15, 0.2) is 0 Å². The Morgan fingerprint density at radius 1 is 1.15 bits per heavy atom. The molecule has 0 spiro atoms. The largest absolute Gasteiger partial charge is 0.461 e. The molecule has 0 bridgehead atoms. The molecule has 2 aromatic rings. The summed E-state index contributed by atoms with van der Waals surface area (Å²) in [6, 6.07) is 2.00. The van der Waals surface area contributed by atoms with Crippen LogP contribution < -0.4 is 0 Å². The minimum Gasteiger partial charge on any atom is -0.461 e. The summed E-state index contributed by atoms with van der Waals surface area (Å²) in [4.78, 5) is 29.3. The summed E-state index contributed by atoms with van der Waals surface area (Å²) in [5.41, 5.74) is 2.75. The van der Waals surface area contributed by atoms with Crippen molar-refractivity contribution >= 4 is 11.5 Å². The summed E-state index contributed by atoms with van der Waals surface area (Å²) in [6.07, 6.45) is 10.1. The van der Waals surface area contributed by atoms with Crippen molar-refractivity contribution in [3.8, 4) is 17.5 Å². The average Bonchev–Trinajstić information content (AvgIpc) is 3.04. The zero-order valence-corrected chi connectivity index (χ0v) is 15.5. The molecule has 1 aliphatic rings. The molecular weight excluding hydrogens is 342 g/mol. The van der Waals surface area contributed by atoms with Crippen molar-refractivity contribution < 1.29 is 9.53 Å². The van der Waals surface area contributed by atoms with Gasteiger partial charge in [-0.2, -0.15) is 5.26 Å². The SMILES string of the molecule is CCCCC(CC)COC(=O)C(C#N)=C1c2cncnc2-c2ncncc21. The lowest BCUT2D eigenvalue weighted by molar-refractivity contribution is -0.139. The van der Waals surface area contributed by atoms with Gasteiger partial charge in [0.2, 0.25) is 0 Å². The minimum atomic E-state index is -0.631. The number of unbranched alkanes of at least 4 members (excludes halogenated alkanes) is 1. The van der Waals surface area contributed by atoms with Crippen LogP contribution in [0.4, 0.5) is 0 Å². The van der Waals surface area contributed by atoms with E-state index in [1.165, 1.54) is 12.7 Å². The number of rotatable bonds is 7. The van der Waals surface area contributed by atoms with Crippen molar-refractivity contribution in [1.29, 1.82) is 5.26 Å². The van der Waals surface area contributed by atoms with Crippen LogP contribution in [0.1, 0.15) is 50.7 Å². The molecule has 1 unspecified atom stereocenters. The first-order chi connectivity index (χ1) is 13.2. The zero-order chi connectivity index (χ0) is 19.2. The molecule has 2 heterocycles. The van der Waals surface area contributed by atoms with Crippen LogP contribution in [0.2, 0.25) is 0 Å². The Kier molecular flexibility index (Phi) is 5.87. The summed E-state index contributed by atoms with van der Waals surface area (Å²) in [6.45, 7) is 4.52. The predicted molar refractivity (Wildman–Crippen MR) is 99.0 cm³/mol. The van der Waals surface area contributed by atoms with Crippen molar-refractivity contribution in [2.75, 3.05) is 6.61 Å². The van der Waals surface area contributed by atoms with Crippen LogP contribution in [0.15, 0.2) is 30.6 Å². The molecule has 3 rings (SSSR count). The number of ether oxygens (including phenoxy) is 1. The van der Waals surface area contributed by atoms with Crippen LogP contribution in [0.25, 0.3) is 17.0 Å². The van der Waals surface area contributed by atoms with Gasteiger partial charge in [-0.05, 0) is 12.3 Å². The standard InChI is InChI=1S/C20H21N5O2/c1-3-5-6-13(4-2)10-27-20(26)14(7-21)17-15-8-22-11-24-18(15)19-16(17)9-23-12-25-19/h8-9,11-13H,3-6,10H2,1-2H3. The van der Waals surface area contributed by atoms with Gasteiger partial charge in [0.05, 0.1) is 6.61 Å². The van der Waals surface area contributed by atoms with Gasteiger partial charge in [0.1, 0.15) is 35.7 Å². The maximum absolute atomic E-state index is 12.7. The number of carbonyl (C=O) groups excluding carboxylic acids is 1. The molecule has 7 nitrogen and oxygen atoms in total. The number of aromatic nitrogens is 4. The third kappa shape index (κ3) is 3.70. The topological polar surface area (TPSA) is 102 Å². The molecular formula is C20H21N5O2. The van der Waals surface area contributed by atoms with E-state index < -0.39 is 5.97 Å². The third-order valence-electron chi connectivity index (χ3n) is 4.75. The fourth-order valence-corrected chi connectivity index (χ4v) is 3.18. The van der Waals surface area contributed by atoms with Crippen molar-refractivity contribution in [2.24, 2.45) is 5.92 Å². The Bertz CT molecular complexity index is 869. The quantitative estimate of drug-likeness (QED) is 0.360. The van der Waals surface area contributed by atoms with Gasteiger partial charge < -0.3 is 4.74 Å². The van der Waals surface area contributed by atoms with E-state index in [9.17, 15) is 10.1 Å². The molecule has 27 heavy (non-hydrogen) atoms. The van der Waals surface area contributed by atoms with E-state index in [0.29, 0.717) is 40.6 Å². The van der Waals surface area contributed by atoms with Gasteiger partial charge in [-0.3, -0.25) is 0 Å². The molecule has 0 fully saturated rings. The van der Waals surface area contributed by atoms with Crippen molar-refractivity contribution in [2.45, 2.75) is 39.5 Å². The summed E-state index contributed by atoms with van der Waals surface area (Å²) in [5, 5.41) is 9.68. The molecule has 0 N–H and O–H groups in total. The number of nitriles is 1. The van der Waals surface area contributed by atoms with Crippen molar-refractivity contribution in [3.63, 3.8) is 0 Å². The molecule has 0 aliphatic heterocycles. The van der Waals surface area contributed by atoms with Crippen LogP contribution in [0.3, 0.4) is 0 Å². The maximum atomic E-state index is 12.7. The summed E-state index contributed by atoms with van der Waals surface area (Å²) < 4.78 is 5.49. The van der Waals surface area contributed by atoms with Gasteiger partial charge in [0.25, 0.3) is 0 Å². The van der Waals surface area contributed by atoms with Crippen molar-refractivity contribution in [3.05, 3.63) is 41.7 Å². The third-order valence-corrected chi connectivity index (χ3v) is 4.75. The Balaban J connectivity index is 1.93. The normalized spacial score (nSPS) is 12.7. The van der Waals surface area contributed by atoms with E-state index in [2.05, 4.69) is 33.8 Å². The van der Waals surface area contributed by atoms with Gasteiger partial charge in [-0.25, -0.2) is 24.7 Å². The van der Waals surface area contributed by atoms with Gasteiger partial charge in [-0.15, -0.1) is 0 Å². The highest BCUT2D eigenvalue weighted by molar-refractivity contribution is 6.10. The Morgan fingerprint density at radius 3 is 2.30 bits per heavy atom. The van der Waals surface area contributed by atoms with Crippen LogP contribution >= 0.6 is 0 Å². The summed E-state index contributed by atoms with van der Waals surface area (Å²) >= 11 is 0. The number of nitrogens with zero attached hydrogens (tertiary/aromatic N) is 5. The maximum Gasteiger partial charge on any atom is 0.349 e. The average molecular weight is 363 g/mol. The van der Waals surface area contributed by atoms with Crippen molar-refractivity contribution in [1.82, 2.24) is 19.9 Å². The number of fused-ring (bicyclic) bond motifs is 3. The first-order valence-corrected chi connectivity index (χ1v) is 9.13. The second-order valence-electron chi connectivity index (χ2n) is 6.45. The second-order valence-corrected chi connectivity index (χ2v) is 6.45. The van der Waals surface area contributed by atoms with Crippen LogP contribution in [-0.4, -0.2) is 32.5 Å². The lowest BCUT2D eigenvalue weighted by atomic mass is 10.00. The molecule has 1 atom stereocenters. The number of hydrogen-bond donors (Lipinski definition) is 0. The second kappa shape index (κ2) is 8.49. The molecule has 138 valence electrons. The monoisotopic (exact) mass is 363 g/mol. The molecule has 0 aromatic carbocycles. The number of carbonyl (C=O) groups is 1. The molecule has 7 heteroatoms. The van der Waals surface area contributed by atoms with Gasteiger partial charge in [-0.1, -0.05) is 33.1 Å². The van der Waals surface area contributed by atoms with Crippen LogP contribution in [0, 0.1) is 17.2 Å². The van der Waals surface area contributed by atoms with E-state index in [0.717, 1.165) is 25.7 Å². The Hall–Kier alpha value is -3.14. The zero-order valence-electron chi connectivity index (χ0n) is 15.5. The first-order valence-electron chi connectivity index (χ1n) is 9.13. The van der Waals surface area contributed by atoms with E-state index in [1.807, 2.05) is 6.07 Å². The van der Waals surface area contributed by atoms with Crippen LogP contribution in [0.5, 0.6) is 0 Å². The Labute approximate surface area is 158 Å². The number of esters is 1. The summed E-state index contributed by atoms with van der Waals surface area (Å²) in [5.74, 6) is -0.331. The smallest absolute Gasteiger partial charge is 0.349 e. The highest BCUT2D eigenvalue weighted by Gasteiger charge is 2.32. The predicted octanol–water partition coefficient (Wildman–Crippen LogP) is 3.33. The molecule has 0 radical (unpaired) electrons. The molecule has 1 aliphatic carbocycles. The molecule has 0 amide bonds. The fourth-order valence-electron chi connectivity index (χ4n) is 3.18. The highest BCUT2D eigenvalue weighted by atomic mass is 16.5. The fraction of sp³-hybridized carbons (Fsp3) is 0.400. The highest BCUT2D eigenvalue weighted by Crippen LogP contribution is 2.42. The minimum absolute atomic E-state index is 0.0649. The van der Waals surface area contributed by atoms with E-state index in [1.54, 1.807) is 12.4 Å². The van der Waals surface area contributed by atoms with Gasteiger partial charge in [0, 0.05) is 29.1 Å². The first kappa shape index (κ1) is 18.6. The lowest BCUT2D eigenvalue weighted by Crippen LogP contribution is -2.16. The Morgan fingerprint density at radius 2 is 1.78 bits per heavy atom. The number of hydrogen-bond acceptors (Lipinski definition) is 7. The van der Waals surface area contributed by atoms with E-state index in [-0.39, 0.29) is 5.57 Å². The molecule has 0 saturated heterocycles.